The molecule has 0 aromatic heterocycles. The molecule has 1 N–H and O–H groups in total. The summed E-state index contributed by atoms with van der Waals surface area (Å²) in [7, 11) is 1.44. The maximum absolute atomic E-state index is 14.2. The van der Waals surface area contributed by atoms with E-state index in [1.54, 1.807) is 31.2 Å². The SMILES string of the molecule is CCOC(=O)c1cc(NC(=O)CN2C(=O)S/C(=C/c3ccc(OC)c(OCc4c(F)cccc4Cl)c3)C2=O)ccc1Cl. The molecule has 0 unspecified atom stereocenters. The van der Waals surface area contributed by atoms with Crippen LogP contribution in [0, 0.1) is 5.82 Å². The first-order chi connectivity index (χ1) is 20.1. The Labute approximate surface area is 254 Å². The molecule has 3 aromatic carbocycles. The number of esters is 1. The van der Waals surface area contributed by atoms with Gasteiger partial charge in [-0.3, -0.25) is 19.3 Å². The lowest BCUT2D eigenvalue weighted by molar-refractivity contribution is -0.127. The van der Waals surface area contributed by atoms with Crippen LogP contribution in [-0.4, -0.2) is 48.2 Å². The molecule has 9 nitrogen and oxygen atoms in total. The smallest absolute Gasteiger partial charge is 0.339 e. The number of ether oxygens (including phenoxy) is 3. The standard InChI is InChI=1S/C29H23Cl2FN2O7S/c1-3-40-28(37)18-13-17(8-9-21(18)31)33-26(35)14-34-27(36)25(42-29(34)38)12-16-7-10-23(39-2)24(11-16)41-15-19-20(30)5-4-6-22(19)32/h4-13H,3,14-15H2,1-2H3,(H,33,35)/b25-12+. The highest BCUT2D eigenvalue weighted by atomic mass is 35.5. The van der Waals surface area contributed by atoms with Crippen LogP contribution >= 0.6 is 35.0 Å². The summed E-state index contributed by atoms with van der Waals surface area (Å²) in [6.45, 7) is 1.06. The molecule has 1 aliphatic rings. The number of methoxy groups -OCH3 is 1. The van der Waals surface area contributed by atoms with Gasteiger partial charge < -0.3 is 19.5 Å². The predicted octanol–water partition coefficient (Wildman–Crippen LogP) is 6.57. The van der Waals surface area contributed by atoms with E-state index in [1.165, 1.54) is 43.5 Å². The molecule has 0 radical (unpaired) electrons. The van der Waals surface area contributed by atoms with Crippen molar-refractivity contribution in [3.8, 4) is 11.5 Å². The molecule has 218 valence electrons. The highest BCUT2D eigenvalue weighted by molar-refractivity contribution is 8.18. The summed E-state index contributed by atoms with van der Waals surface area (Å²) in [6.07, 6.45) is 1.47. The third kappa shape index (κ3) is 7.22. The van der Waals surface area contributed by atoms with E-state index in [9.17, 15) is 23.6 Å². The third-order valence-corrected chi connectivity index (χ3v) is 7.43. The van der Waals surface area contributed by atoms with Crippen molar-refractivity contribution in [2.45, 2.75) is 13.5 Å². The third-order valence-electron chi connectivity index (χ3n) is 5.84. The van der Waals surface area contributed by atoms with Gasteiger partial charge in [0.25, 0.3) is 11.1 Å². The van der Waals surface area contributed by atoms with Crippen LogP contribution in [0.1, 0.15) is 28.4 Å². The second-order valence-electron chi connectivity index (χ2n) is 8.63. The Kier molecular flexibility index (Phi) is 10.1. The lowest BCUT2D eigenvalue weighted by atomic mass is 10.1. The molecule has 0 aliphatic carbocycles. The van der Waals surface area contributed by atoms with E-state index in [0.29, 0.717) is 23.1 Å². The zero-order valence-electron chi connectivity index (χ0n) is 22.2. The van der Waals surface area contributed by atoms with Crippen LogP contribution in [0.4, 0.5) is 14.9 Å². The Morgan fingerprint density at radius 1 is 1.05 bits per heavy atom. The molecule has 0 atom stereocenters. The summed E-state index contributed by atoms with van der Waals surface area (Å²) >= 11 is 12.8. The number of hydrogen-bond donors (Lipinski definition) is 1. The van der Waals surface area contributed by atoms with Gasteiger partial charge in [0.05, 0.1) is 34.2 Å². The number of halogens is 3. The van der Waals surface area contributed by atoms with Crippen molar-refractivity contribution in [3.05, 3.63) is 92.1 Å². The number of benzene rings is 3. The minimum Gasteiger partial charge on any atom is -0.493 e. The van der Waals surface area contributed by atoms with Gasteiger partial charge in [-0.1, -0.05) is 35.3 Å². The van der Waals surface area contributed by atoms with Gasteiger partial charge in [-0.05, 0) is 72.8 Å². The molecule has 1 fully saturated rings. The van der Waals surface area contributed by atoms with Crippen molar-refractivity contribution in [2.75, 3.05) is 25.6 Å². The first kappa shape index (κ1) is 30.9. The van der Waals surface area contributed by atoms with Crippen molar-refractivity contribution in [1.29, 1.82) is 0 Å². The van der Waals surface area contributed by atoms with Gasteiger partial charge in [0.15, 0.2) is 11.5 Å². The fourth-order valence-electron chi connectivity index (χ4n) is 3.82. The first-order valence-electron chi connectivity index (χ1n) is 12.4. The molecule has 1 heterocycles. The Morgan fingerprint density at radius 2 is 1.83 bits per heavy atom. The Morgan fingerprint density at radius 3 is 2.55 bits per heavy atom. The summed E-state index contributed by atoms with van der Waals surface area (Å²) in [5, 5.41) is 2.26. The van der Waals surface area contributed by atoms with Crippen LogP contribution in [0.25, 0.3) is 6.08 Å². The Hall–Kier alpha value is -4.06. The summed E-state index contributed by atoms with van der Waals surface area (Å²) < 4.78 is 30.2. The number of imide groups is 1. The van der Waals surface area contributed by atoms with Gasteiger partial charge in [-0.2, -0.15) is 0 Å². The molecule has 13 heteroatoms. The lowest BCUT2D eigenvalue weighted by Crippen LogP contribution is -2.36. The minimum atomic E-state index is -0.667. The molecule has 1 saturated heterocycles. The maximum Gasteiger partial charge on any atom is 0.339 e. The molecular formula is C29H23Cl2FN2O7S. The second-order valence-corrected chi connectivity index (χ2v) is 10.4. The van der Waals surface area contributed by atoms with Gasteiger partial charge >= 0.3 is 5.97 Å². The van der Waals surface area contributed by atoms with Gasteiger partial charge in [0.1, 0.15) is 19.0 Å². The normalized spacial score (nSPS) is 13.8. The fraction of sp³-hybridized carbons (Fsp3) is 0.172. The molecule has 0 spiro atoms. The maximum atomic E-state index is 14.2. The number of hydrogen-bond acceptors (Lipinski definition) is 8. The van der Waals surface area contributed by atoms with Crippen LogP contribution < -0.4 is 14.8 Å². The summed E-state index contributed by atoms with van der Waals surface area (Å²) in [4.78, 5) is 51.2. The van der Waals surface area contributed by atoms with E-state index < -0.39 is 35.4 Å². The monoisotopic (exact) mass is 632 g/mol. The topological polar surface area (TPSA) is 111 Å². The van der Waals surface area contributed by atoms with Crippen molar-refractivity contribution in [1.82, 2.24) is 4.90 Å². The molecule has 0 bridgehead atoms. The Bertz CT molecular complexity index is 1580. The first-order valence-corrected chi connectivity index (χ1v) is 13.9. The molecule has 3 amide bonds. The number of carbonyl (C=O) groups excluding carboxylic acids is 4. The van der Waals surface area contributed by atoms with Gasteiger partial charge in [-0.15, -0.1) is 0 Å². The van der Waals surface area contributed by atoms with Crippen LogP contribution in [-0.2, 0) is 20.9 Å². The van der Waals surface area contributed by atoms with Crippen molar-refractivity contribution in [3.63, 3.8) is 0 Å². The van der Waals surface area contributed by atoms with E-state index in [2.05, 4.69) is 5.32 Å². The number of nitrogens with one attached hydrogen (secondary N) is 1. The molecule has 42 heavy (non-hydrogen) atoms. The van der Waals surface area contributed by atoms with E-state index in [4.69, 9.17) is 37.4 Å². The van der Waals surface area contributed by atoms with Gasteiger partial charge in [0.2, 0.25) is 5.91 Å². The van der Waals surface area contributed by atoms with Crippen molar-refractivity contribution >= 4 is 69.8 Å². The predicted molar refractivity (Wildman–Crippen MR) is 157 cm³/mol. The number of rotatable bonds is 10. The minimum absolute atomic E-state index is 0.0604. The van der Waals surface area contributed by atoms with Gasteiger partial charge in [0, 0.05) is 11.3 Å². The molecule has 1 aliphatic heterocycles. The van der Waals surface area contributed by atoms with Crippen molar-refractivity contribution in [2.24, 2.45) is 0 Å². The number of thioether (sulfide) groups is 1. The lowest BCUT2D eigenvalue weighted by Gasteiger charge is -2.13. The molecule has 3 aromatic rings. The quantitative estimate of drug-likeness (QED) is 0.197. The summed E-state index contributed by atoms with van der Waals surface area (Å²) in [5.74, 6) is -1.89. The highest BCUT2D eigenvalue weighted by Gasteiger charge is 2.36. The van der Waals surface area contributed by atoms with E-state index >= 15 is 0 Å². The molecule has 0 saturated carbocycles. The zero-order valence-corrected chi connectivity index (χ0v) is 24.6. The largest absolute Gasteiger partial charge is 0.493 e. The van der Waals surface area contributed by atoms with Crippen LogP contribution in [0.2, 0.25) is 10.0 Å². The average Bonchev–Trinajstić information content (AvgIpc) is 3.21. The van der Waals surface area contributed by atoms with E-state index in [-0.39, 0.29) is 50.7 Å². The molecular weight excluding hydrogens is 610 g/mol. The van der Waals surface area contributed by atoms with E-state index in [1.807, 2.05) is 0 Å². The number of nitrogens with zero attached hydrogens (tertiary/aromatic N) is 1. The average molecular weight is 633 g/mol. The number of anilines is 1. The van der Waals surface area contributed by atoms with Gasteiger partial charge in [-0.25, -0.2) is 9.18 Å². The Balaban J connectivity index is 1.46. The van der Waals surface area contributed by atoms with Crippen LogP contribution in [0.5, 0.6) is 11.5 Å². The second kappa shape index (κ2) is 13.7. The number of carbonyl (C=O) groups is 4. The summed E-state index contributed by atoms with van der Waals surface area (Å²) in [6, 6.07) is 13.3. The van der Waals surface area contributed by atoms with Crippen molar-refractivity contribution < 1.29 is 37.8 Å². The summed E-state index contributed by atoms with van der Waals surface area (Å²) in [5.41, 5.74) is 0.956. The van der Waals surface area contributed by atoms with Crippen LogP contribution in [0.3, 0.4) is 0 Å². The zero-order chi connectivity index (χ0) is 30.4. The highest BCUT2D eigenvalue weighted by Crippen LogP contribution is 2.35. The molecule has 4 rings (SSSR count). The fourth-order valence-corrected chi connectivity index (χ4v) is 5.07. The van der Waals surface area contributed by atoms with E-state index in [0.717, 1.165) is 4.90 Å². The van der Waals surface area contributed by atoms with Crippen LogP contribution in [0.15, 0.2) is 59.5 Å². The number of amides is 3.